The largest absolute Gasteiger partial charge is 0.460 e. The van der Waals surface area contributed by atoms with Crippen molar-refractivity contribution in [3.63, 3.8) is 0 Å². The summed E-state index contributed by atoms with van der Waals surface area (Å²) in [6.07, 6.45) is 0. The number of carbonyl (C=O) groups excluding carboxylic acids is 1. The summed E-state index contributed by atoms with van der Waals surface area (Å²) in [4.78, 5) is 13.4. The molecular formula is C15H22N2O3. The lowest BCUT2D eigenvalue weighted by atomic mass is 10.2. The van der Waals surface area contributed by atoms with E-state index in [0.29, 0.717) is 37.6 Å². The SMILES string of the molecule is C=C(C)C(=O)OCCN(CCOC)c1ccc(N)cc1. The van der Waals surface area contributed by atoms with E-state index >= 15 is 0 Å². The van der Waals surface area contributed by atoms with E-state index in [1.54, 1.807) is 14.0 Å². The molecule has 5 heteroatoms. The molecule has 0 spiro atoms. The van der Waals surface area contributed by atoms with Crippen molar-refractivity contribution in [1.82, 2.24) is 0 Å². The number of nitrogen functional groups attached to an aromatic ring is 1. The third kappa shape index (κ3) is 5.32. The van der Waals surface area contributed by atoms with Crippen molar-refractivity contribution >= 4 is 17.3 Å². The van der Waals surface area contributed by atoms with Gasteiger partial charge >= 0.3 is 5.97 Å². The molecule has 2 N–H and O–H groups in total. The molecule has 0 fully saturated rings. The molecule has 0 saturated heterocycles. The van der Waals surface area contributed by atoms with Gasteiger partial charge in [0.1, 0.15) is 6.61 Å². The van der Waals surface area contributed by atoms with Gasteiger partial charge in [-0.1, -0.05) is 6.58 Å². The lowest BCUT2D eigenvalue weighted by molar-refractivity contribution is -0.138. The summed E-state index contributed by atoms with van der Waals surface area (Å²) in [6, 6.07) is 7.56. The Morgan fingerprint density at radius 1 is 1.25 bits per heavy atom. The van der Waals surface area contributed by atoms with Crippen LogP contribution in [0.15, 0.2) is 36.4 Å². The summed E-state index contributed by atoms with van der Waals surface area (Å²) in [7, 11) is 1.66. The Hall–Kier alpha value is -2.01. The standard InChI is InChI=1S/C15H22N2O3/c1-12(2)15(18)20-11-9-17(8-10-19-3)14-6-4-13(16)5-7-14/h4-7H,1,8-11,16H2,2-3H3. The molecule has 0 saturated carbocycles. The third-order valence-electron chi connectivity index (χ3n) is 2.77. The van der Waals surface area contributed by atoms with E-state index in [1.165, 1.54) is 0 Å². The summed E-state index contributed by atoms with van der Waals surface area (Å²) in [5.41, 5.74) is 7.81. The number of esters is 1. The fourth-order valence-electron chi connectivity index (χ4n) is 1.63. The molecule has 0 radical (unpaired) electrons. The second-order valence-electron chi connectivity index (χ2n) is 4.49. The molecule has 0 amide bonds. The maximum Gasteiger partial charge on any atom is 0.333 e. The molecule has 0 heterocycles. The molecule has 1 aromatic rings. The van der Waals surface area contributed by atoms with Gasteiger partial charge in [-0.15, -0.1) is 0 Å². The van der Waals surface area contributed by atoms with Crippen LogP contribution in [-0.4, -0.2) is 39.4 Å². The number of methoxy groups -OCH3 is 1. The first kappa shape index (κ1) is 16.0. The maximum atomic E-state index is 11.3. The van der Waals surface area contributed by atoms with Gasteiger partial charge in [-0.3, -0.25) is 0 Å². The van der Waals surface area contributed by atoms with Crippen molar-refractivity contribution in [2.24, 2.45) is 0 Å². The summed E-state index contributed by atoms with van der Waals surface area (Å²) >= 11 is 0. The zero-order valence-corrected chi connectivity index (χ0v) is 12.1. The topological polar surface area (TPSA) is 64.8 Å². The van der Waals surface area contributed by atoms with E-state index in [-0.39, 0.29) is 5.97 Å². The van der Waals surface area contributed by atoms with Crippen LogP contribution in [0.1, 0.15) is 6.92 Å². The highest BCUT2D eigenvalue weighted by Crippen LogP contribution is 2.16. The van der Waals surface area contributed by atoms with Gasteiger partial charge in [0.05, 0.1) is 13.2 Å². The van der Waals surface area contributed by atoms with E-state index < -0.39 is 0 Å². The van der Waals surface area contributed by atoms with Crippen molar-refractivity contribution in [3.05, 3.63) is 36.4 Å². The number of anilines is 2. The second-order valence-corrected chi connectivity index (χ2v) is 4.49. The number of nitrogens with two attached hydrogens (primary N) is 1. The van der Waals surface area contributed by atoms with Gasteiger partial charge in [-0.25, -0.2) is 4.79 Å². The zero-order valence-electron chi connectivity index (χ0n) is 12.1. The highest BCUT2D eigenvalue weighted by molar-refractivity contribution is 5.86. The molecule has 1 aromatic carbocycles. The molecule has 0 aliphatic heterocycles. The fraction of sp³-hybridized carbons (Fsp3) is 0.400. The molecule has 0 unspecified atom stereocenters. The zero-order chi connectivity index (χ0) is 15.0. The molecule has 20 heavy (non-hydrogen) atoms. The van der Waals surface area contributed by atoms with Crippen LogP contribution in [0.3, 0.4) is 0 Å². The lowest BCUT2D eigenvalue weighted by Gasteiger charge is -2.24. The van der Waals surface area contributed by atoms with Crippen LogP contribution in [0.25, 0.3) is 0 Å². The average Bonchev–Trinajstić information content (AvgIpc) is 2.43. The van der Waals surface area contributed by atoms with Gasteiger partial charge in [-0.2, -0.15) is 0 Å². The van der Waals surface area contributed by atoms with Gasteiger partial charge in [-0.05, 0) is 31.2 Å². The van der Waals surface area contributed by atoms with Gasteiger partial charge in [0.25, 0.3) is 0 Å². The molecule has 0 aliphatic carbocycles. The van der Waals surface area contributed by atoms with Crippen molar-refractivity contribution in [3.8, 4) is 0 Å². The second kappa shape index (κ2) is 8.22. The Kier molecular flexibility index (Phi) is 6.59. The lowest BCUT2D eigenvalue weighted by Crippen LogP contribution is -2.31. The summed E-state index contributed by atoms with van der Waals surface area (Å²) in [5, 5.41) is 0. The molecule has 1 rings (SSSR count). The van der Waals surface area contributed by atoms with Gasteiger partial charge in [0, 0.05) is 30.6 Å². The first-order chi connectivity index (χ1) is 9.54. The van der Waals surface area contributed by atoms with Crippen molar-refractivity contribution in [2.45, 2.75) is 6.92 Å². The van der Waals surface area contributed by atoms with Crippen LogP contribution in [0.5, 0.6) is 0 Å². The predicted molar refractivity (Wildman–Crippen MR) is 80.7 cm³/mol. The molecule has 0 aromatic heterocycles. The number of hydrogen-bond acceptors (Lipinski definition) is 5. The quantitative estimate of drug-likeness (QED) is 0.446. The van der Waals surface area contributed by atoms with E-state index in [1.807, 2.05) is 24.3 Å². The van der Waals surface area contributed by atoms with Crippen LogP contribution < -0.4 is 10.6 Å². The van der Waals surface area contributed by atoms with Gasteiger partial charge in [0.2, 0.25) is 0 Å². The monoisotopic (exact) mass is 278 g/mol. The Labute approximate surface area is 120 Å². The first-order valence-electron chi connectivity index (χ1n) is 6.46. The molecule has 5 nitrogen and oxygen atoms in total. The Bertz CT molecular complexity index is 443. The van der Waals surface area contributed by atoms with Crippen LogP contribution >= 0.6 is 0 Å². The molecule has 110 valence electrons. The molecule has 0 bridgehead atoms. The maximum absolute atomic E-state index is 11.3. The average molecular weight is 278 g/mol. The molecule has 0 aliphatic rings. The predicted octanol–water partition coefficient (Wildman–Crippen LogP) is 1.84. The van der Waals surface area contributed by atoms with E-state index in [2.05, 4.69) is 11.5 Å². The van der Waals surface area contributed by atoms with E-state index in [4.69, 9.17) is 15.2 Å². The van der Waals surface area contributed by atoms with Gasteiger partial charge in [0.15, 0.2) is 0 Å². The number of benzene rings is 1. The van der Waals surface area contributed by atoms with Crippen LogP contribution in [0.4, 0.5) is 11.4 Å². The fourth-order valence-corrected chi connectivity index (χ4v) is 1.63. The number of nitrogens with zero attached hydrogens (tertiary/aromatic N) is 1. The van der Waals surface area contributed by atoms with Crippen molar-refractivity contribution in [1.29, 1.82) is 0 Å². The number of ether oxygens (including phenoxy) is 2. The van der Waals surface area contributed by atoms with E-state index in [0.717, 1.165) is 5.69 Å². The van der Waals surface area contributed by atoms with Crippen LogP contribution in [-0.2, 0) is 14.3 Å². The van der Waals surface area contributed by atoms with Crippen LogP contribution in [0, 0.1) is 0 Å². The minimum Gasteiger partial charge on any atom is -0.460 e. The van der Waals surface area contributed by atoms with Crippen LogP contribution in [0.2, 0.25) is 0 Å². The van der Waals surface area contributed by atoms with Crippen molar-refractivity contribution < 1.29 is 14.3 Å². The third-order valence-corrected chi connectivity index (χ3v) is 2.77. The van der Waals surface area contributed by atoms with Gasteiger partial charge < -0.3 is 20.1 Å². The summed E-state index contributed by atoms with van der Waals surface area (Å²) < 4.78 is 10.2. The number of hydrogen-bond donors (Lipinski definition) is 1. The Balaban J connectivity index is 2.58. The van der Waals surface area contributed by atoms with E-state index in [9.17, 15) is 4.79 Å². The Morgan fingerprint density at radius 2 is 1.85 bits per heavy atom. The minimum absolute atomic E-state index is 0.305. The summed E-state index contributed by atoms with van der Waals surface area (Å²) in [5.74, 6) is -0.367. The number of carbonyl (C=O) groups is 1. The highest BCUT2D eigenvalue weighted by Gasteiger charge is 2.08. The summed E-state index contributed by atoms with van der Waals surface area (Å²) in [6.45, 7) is 7.38. The normalized spacial score (nSPS) is 10.1. The number of rotatable bonds is 8. The smallest absolute Gasteiger partial charge is 0.333 e. The molecular weight excluding hydrogens is 256 g/mol. The first-order valence-corrected chi connectivity index (χ1v) is 6.46. The minimum atomic E-state index is -0.367. The highest BCUT2D eigenvalue weighted by atomic mass is 16.5. The van der Waals surface area contributed by atoms with Crippen molar-refractivity contribution in [2.75, 3.05) is 44.0 Å². The molecule has 0 atom stereocenters. The Morgan fingerprint density at radius 3 is 2.40 bits per heavy atom.